The topological polar surface area (TPSA) is 65.0 Å². The molecule has 4 rings (SSSR count). The average molecular weight is 418 g/mol. The second kappa shape index (κ2) is 8.34. The lowest BCUT2D eigenvalue weighted by Crippen LogP contribution is -2.33. The molecular formula is C26H26O5. The summed E-state index contributed by atoms with van der Waals surface area (Å²) in [6.07, 6.45) is 6.61. The fourth-order valence-corrected chi connectivity index (χ4v) is 4.17. The maximum absolute atomic E-state index is 12.5. The Morgan fingerprint density at radius 1 is 1.06 bits per heavy atom. The van der Waals surface area contributed by atoms with E-state index < -0.39 is 11.6 Å². The van der Waals surface area contributed by atoms with Crippen LogP contribution >= 0.6 is 0 Å². The Morgan fingerprint density at radius 3 is 2.42 bits per heavy atom. The summed E-state index contributed by atoms with van der Waals surface area (Å²) in [5, 5.41) is 12.2. The van der Waals surface area contributed by atoms with E-state index in [1.807, 2.05) is 54.6 Å². The van der Waals surface area contributed by atoms with Gasteiger partial charge in [-0.05, 0) is 42.7 Å². The van der Waals surface area contributed by atoms with Gasteiger partial charge in [-0.15, -0.1) is 0 Å². The van der Waals surface area contributed by atoms with Gasteiger partial charge in [0.05, 0.1) is 14.2 Å². The minimum absolute atomic E-state index is 0.0973. The van der Waals surface area contributed by atoms with Gasteiger partial charge in [0.2, 0.25) is 0 Å². The third kappa shape index (κ3) is 3.50. The number of phenolic OH excluding ortho intramolecular Hbond substituents is 1. The minimum atomic E-state index is -0.692. The van der Waals surface area contributed by atoms with Gasteiger partial charge < -0.3 is 19.3 Å². The number of carbonyl (C=O) groups is 1. The van der Waals surface area contributed by atoms with Crippen molar-refractivity contribution in [3.63, 3.8) is 0 Å². The van der Waals surface area contributed by atoms with E-state index in [1.54, 1.807) is 13.2 Å². The van der Waals surface area contributed by atoms with Gasteiger partial charge in [0.25, 0.3) is 0 Å². The summed E-state index contributed by atoms with van der Waals surface area (Å²) in [6.45, 7) is 2.14. The van der Waals surface area contributed by atoms with Gasteiger partial charge in [-0.2, -0.15) is 0 Å². The lowest BCUT2D eigenvalue weighted by Gasteiger charge is -2.37. The molecule has 0 amide bonds. The van der Waals surface area contributed by atoms with Crippen LogP contribution in [-0.2, 0) is 10.3 Å². The molecule has 0 saturated carbocycles. The maximum Gasteiger partial charge on any atom is 0.342 e. The lowest BCUT2D eigenvalue weighted by molar-refractivity contribution is 0.0594. The number of unbranched alkanes of at least 4 members (excludes halogenated alkanes) is 1. The van der Waals surface area contributed by atoms with Crippen molar-refractivity contribution in [2.45, 2.75) is 31.8 Å². The number of esters is 1. The highest BCUT2D eigenvalue weighted by atomic mass is 16.5. The summed E-state index contributed by atoms with van der Waals surface area (Å²) >= 11 is 0. The van der Waals surface area contributed by atoms with Crippen molar-refractivity contribution in [1.82, 2.24) is 0 Å². The normalized spacial score (nSPS) is 17.1. The number of carbonyl (C=O) groups excluding carboxylic acids is 1. The third-order valence-electron chi connectivity index (χ3n) is 5.85. The Labute approximate surface area is 181 Å². The molecule has 1 aliphatic rings. The van der Waals surface area contributed by atoms with Crippen LogP contribution in [0, 0.1) is 0 Å². The molecule has 160 valence electrons. The third-order valence-corrected chi connectivity index (χ3v) is 5.85. The molecule has 0 aromatic heterocycles. The van der Waals surface area contributed by atoms with Crippen molar-refractivity contribution in [2.24, 2.45) is 0 Å². The van der Waals surface area contributed by atoms with Crippen molar-refractivity contribution >= 4 is 22.8 Å². The molecule has 0 radical (unpaired) electrons. The van der Waals surface area contributed by atoms with Crippen molar-refractivity contribution in [3.05, 3.63) is 71.3 Å². The summed E-state index contributed by atoms with van der Waals surface area (Å²) in [5.74, 6) is 0.652. The average Bonchev–Trinajstić information content (AvgIpc) is 2.83. The molecule has 0 spiro atoms. The fourth-order valence-electron chi connectivity index (χ4n) is 4.17. The van der Waals surface area contributed by atoms with Crippen LogP contribution in [-0.4, -0.2) is 25.3 Å². The number of hydrogen-bond donors (Lipinski definition) is 1. The Kier molecular flexibility index (Phi) is 5.59. The van der Waals surface area contributed by atoms with Gasteiger partial charge in [0, 0.05) is 16.3 Å². The van der Waals surface area contributed by atoms with Crippen LogP contribution in [0.2, 0.25) is 0 Å². The van der Waals surface area contributed by atoms with E-state index in [2.05, 4.69) is 6.92 Å². The number of benzene rings is 3. The Hall–Kier alpha value is -3.47. The van der Waals surface area contributed by atoms with E-state index in [0.717, 1.165) is 36.0 Å². The molecular weight excluding hydrogens is 392 g/mol. The van der Waals surface area contributed by atoms with Crippen LogP contribution in [0.25, 0.3) is 16.8 Å². The van der Waals surface area contributed by atoms with Crippen LogP contribution in [0.4, 0.5) is 0 Å². The molecule has 1 heterocycles. The molecule has 5 heteroatoms. The zero-order valence-electron chi connectivity index (χ0n) is 18.0. The maximum atomic E-state index is 12.5. The van der Waals surface area contributed by atoms with E-state index in [9.17, 15) is 9.90 Å². The summed E-state index contributed by atoms with van der Waals surface area (Å²) in [4.78, 5) is 12.5. The van der Waals surface area contributed by atoms with Gasteiger partial charge in [-0.1, -0.05) is 49.7 Å². The monoisotopic (exact) mass is 418 g/mol. The smallest absolute Gasteiger partial charge is 0.342 e. The predicted octanol–water partition coefficient (Wildman–Crippen LogP) is 5.83. The predicted molar refractivity (Wildman–Crippen MR) is 121 cm³/mol. The number of aromatic hydroxyl groups is 1. The highest BCUT2D eigenvalue weighted by Gasteiger charge is 2.37. The van der Waals surface area contributed by atoms with Crippen LogP contribution in [0.5, 0.6) is 17.2 Å². The van der Waals surface area contributed by atoms with Crippen LogP contribution in [0.3, 0.4) is 0 Å². The first kappa shape index (κ1) is 20.8. The number of hydrogen-bond acceptors (Lipinski definition) is 5. The molecule has 1 aliphatic heterocycles. The van der Waals surface area contributed by atoms with Crippen molar-refractivity contribution < 1.29 is 24.1 Å². The quantitative estimate of drug-likeness (QED) is 0.510. The minimum Gasteiger partial charge on any atom is -0.506 e. The van der Waals surface area contributed by atoms with Crippen LogP contribution in [0.15, 0.2) is 54.6 Å². The molecule has 1 N–H and O–H groups in total. The molecule has 5 nitrogen and oxygen atoms in total. The summed E-state index contributed by atoms with van der Waals surface area (Å²) in [5.41, 5.74) is 0.956. The van der Waals surface area contributed by atoms with E-state index in [4.69, 9.17) is 14.2 Å². The van der Waals surface area contributed by atoms with E-state index in [0.29, 0.717) is 16.7 Å². The zero-order chi connectivity index (χ0) is 22.0. The summed E-state index contributed by atoms with van der Waals surface area (Å²) in [7, 11) is 2.95. The fraction of sp³-hybridized carbons (Fsp3) is 0.269. The van der Waals surface area contributed by atoms with Crippen molar-refractivity contribution in [1.29, 1.82) is 0 Å². The van der Waals surface area contributed by atoms with Gasteiger partial charge in [0.15, 0.2) is 5.60 Å². The van der Waals surface area contributed by atoms with Crippen LogP contribution in [0.1, 0.15) is 47.7 Å². The second-order valence-corrected chi connectivity index (χ2v) is 7.66. The molecule has 0 fully saturated rings. The molecule has 0 bridgehead atoms. The first-order valence-electron chi connectivity index (χ1n) is 10.4. The zero-order valence-corrected chi connectivity index (χ0v) is 18.0. The summed E-state index contributed by atoms with van der Waals surface area (Å²) in [6, 6.07) is 15.2. The molecule has 3 aromatic rings. The number of rotatable bonds is 6. The second-order valence-electron chi connectivity index (χ2n) is 7.66. The van der Waals surface area contributed by atoms with Gasteiger partial charge >= 0.3 is 5.97 Å². The van der Waals surface area contributed by atoms with E-state index in [1.165, 1.54) is 7.11 Å². The SMILES string of the molecule is CCCCC1(c2ccc(OC)cc2)C=Cc2c(C(=O)OC)c(O)c3ccccc3c2O1. The highest BCUT2D eigenvalue weighted by Crippen LogP contribution is 2.48. The first-order valence-corrected chi connectivity index (χ1v) is 10.4. The van der Waals surface area contributed by atoms with E-state index in [-0.39, 0.29) is 11.3 Å². The molecule has 0 saturated heterocycles. The standard InChI is InChI=1S/C26H26O5/c1-4-5-15-26(17-10-12-18(29-2)13-11-17)16-14-21-22(25(28)30-3)23(27)19-8-6-7-9-20(19)24(21)31-26/h6-14,16,27H,4-5,15H2,1-3H3. The number of ether oxygens (including phenoxy) is 3. The molecule has 3 aromatic carbocycles. The molecule has 0 aliphatic carbocycles. The van der Waals surface area contributed by atoms with Gasteiger partial charge in [-0.25, -0.2) is 4.79 Å². The van der Waals surface area contributed by atoms with Crippen molar-refractivity contribution in [2.75, 3.05) is 14.2 Å². The largest absolute Gasteiger partial charge is 0.506 e. The Balaban J connectivity index is 1.95. The summed E-state index contributed by atoms with van der Waals surface area (Å²) < 4.78 is 17.0. The molecule has 1 unspecified atom stereocenters. The van der Waals surface area contributed by atoms with Gasteiger partial charge in [-0.3, -0.25) is 0 Å². The number of fused-ring (bicyclic) bond motifs is 3. The van der Waals surface area contributed by atoms with Gasteiger partial charge in [0.1, 0.15) is 22.8 Å². The highest BCUT2D eigenvalue weighted by molar-refractivity contribution is 6.08. The molecule has 31 heavy (non-hydrogen) atoms. The first-order chi connectivity index (χ1) is 15.0. The molecule has 1 atom stereocenters. The number of methoxy groups -OCH3 is 2. The Morgan fingerprint density at radius 2 is 1.77 bits per heavy atom. The van der Waals surface area contributed by atoms with E-state index >= 15 is 0 Å². The number of phenols is 1. The van der Waals surface area contributed by atoms with Crippen molar-refractivity contribution in [3.8, 4) is 17.2 Å². The van der Waals surface area contributed by atoms with Crippen LogP contribution < -0.4 is 9.47 Å². The lowest BCUT2D eigenvalue weighted by atomic mass is 9.84. The Bertz CT molecular complexity index is 1150.